The molecule has 100 valence electrons. The Labute approximate surface area is 118 Å². The Kier molecular flexibility index (Phi) is 3.79. The van der Waals surface area contributed by atoms with Crippen LogP contribution in [-0.4, -0.2) is 30.3 Å². The van der Waals surface area contributed by atoms with Gasteiger partial charge in [-0.25, -0.2) is 0 Å². The van der Waals surface area contributed by atoms with Gasteiger partial charge in [-0.05, 0) is 18.4 Å². The van der Waals surface area contributed by atoms with Gasteiger partial charge in [0.15, 0.2) is 0 Å². The quantitative estimate of drug-likeness (QED) is 0.864. The molecule has 1 atom stereocenters. The van der Waals surface area contributed by atoms with E-state index in [9.17, 15) is 5.26 Å². The van der Waals surface area contributed by atoms with Gasteiger partial charge in [-0.1, -0.05) is 30.3 Å². The monoisotopic (exact) mass is 274 g/mol. The molecular formula is C15H18N2OS. The molecule has 0 spiro atoms. The van der Waals surface area contributed by atoms with Gasteiger partial charge >= 0.3 is 0 Å². The van der Waals surface area contributed by atoms with E-state index in [1.807, 2.05) is 30.0 Å². The minimum absolute atomic E-state index is 0.512. The van der Waals surface area contributed by atoms with Crippen molar-refractivity contribution in [3.63, 3.8) is 0 Å². The third-order valence-electron chi connectivity index (χ3n) is 3.63. The Bertz CT molecular complexity index is 465. The van der Waals surface area contributed by atoms with Crippen molar-refractivity contribution in [2.45, 2.75) is 29.7 Å². The molecule has 1 aliphatic heterocycles. The normalized spacial score (nSPS) is 22.3. The predicted molar refractivity (Wildman–Crippen MR) is 77.0 cm³/mol. The zero-order valence-corrected chi connectivity index (χ0v) is 11.7. The molecule has 0 bridgehead atoms. The van der Waals surface area contributed by atoms with Gasteiger partial charge in [0.1, 0.15) is 5.54 Å². The van der Waals surface area contributed by atoms with Gasteiger partial charge in [-0.3, -0.25) is 5.32 Å². The maximum Gasteiger partial charge on any atom is 0.141 e. The van der Waals surface area contributed by atoms with Crippen LogP contribution in [0.1, 0.15) is 18.4 Å². The molecule has 2 aliphatic rings. The van der Waals surface area contributed by atoms with Crippen LogP contribution in [0.3, 0.4) is 0 Å². The van der Waals surface area contributed by atoms with Crippen molar-refractivity contribution in [3.8, 4) is 6.07 Å². The van der Waals surface area contributed by atoms with E-state index < -0.39 is 5.54 Å². The number of benzene rings is 1. The van der Waals surface area contributed by atoms with Gasteiger partial charge in [-0.15, -0.1) is 0 Å². The molecule has 19 heavy (non-hydrogen) atoms. The fourth-order valence-corrected chi connectivity index (χ4v) is 3.37. The van der Waals surface area contributed by atoms with Gasteiger partial charge in [0.25, 0.3) is 0 Å². The number of rotatable bonds is 6. The van der Waals surface area contributed by atoms with Crippen LogP contribution in [-0.2, 0) is 10.3 Å². The molecule has 0 radical (unpaired) electrons. The number of hydrogen-bond acceptors (Lipinski definition) is 4. The van der Waals surface area contributed by atoms with Crippen molar-refractivity contribution in [2.75, 3.05) is 19.0 Å². The van der Waals surface area contributed by atoms with Crippen LogP contribution in [0.25, 0.3) is 0 Å². The predicted octanol–water partition coefficient (Wildman–Crippen LogP) is 2.29. The number of nitrogens with zero attached hydrogens (tertiary/aromatic N) is 1. The van der Waals surface area contributed by atoms with Crippen molar-refractivity contribution in [1.82, 2.24) is 5.32 Å². The summed E-state index contributed by atoms with van der Waals surface area (Å²) >= 11 is 1.85. The minimum Gasteiger partial charge on any atom is -0.379 e. The summed E-state index contributed by atoms with van der Waals surface area (Å²) in [7, 11) is 0. The summed E-state index contributed by atoms with van der Waals surface area (Å²) in [6, 6.07) is 13.2. The van der Waals surface area contributed by atoms with E-state index in [0.29, 0.717) is 11.3 Å². The molecule has 3 nitrogen and oxygen atoms in total. The highest BCUT2D eigenvalue weighted by atomic mass is 32.2. The molecular weight excluding hydrogens is 256 g/mol. The van der Waals surface area contributed by atoms with Crippen LogP contribution >= 0.6 is 11.8 Å². The standard InChI is InChI=1S/C15H18N2OS/c16-10-15(17-13-6-7-13,11-19-14-8-18-9-14)12-4-2-1-3-5-12/h1-5,13-14,17H,6-9,11H2. The molecule has 1 aliphatic carbocycles. The van der Waals surface area contributed by atoms with Gasteiger partial charge in [-0.2, -0.15) is 17.0 Å². The van der Waals surface area contributed by atoms with Crippen molar-refractivity contribution in [2.24, 2.45) is 0 Å². The molecule has 0 amide bonds. The summed E-state index contributed by atoms with van der Waals surface area (Å²) in [5.41, 5.74) is 0.528. The second-order valence-corrected chi connectivity index (χ2v) is 6.56. The molecule has 1 heterocycles. The first kappa shape index (κ1) is 13.0. The number of nitriles is 1. The minimum atomic E-state index is -0.553. The van der Waals surface area contributed by atoms with E-state index >= 15 is 0 Å². The highest BCUT2D eigenvalue weighted by Crippen LogP contribution is 2.33. The third kappa shape index (κ3) is 2.94. The Hall–Kier alpha value is -1.02. The summed E-state index contributed by atoms with van der Waals surface area (Å²) in [6.45, 7) is 1.65. The number of thioether (sulfide) groups is 1. The number of nitrogens with one attached hydrogen (secondary N) is 1. The third-order valence-corrected chi connectivity index (χ3v) is 4.97. The topological polar surface area (TPSA) is 45.0 Å². The smallest absolute Gasteiger partial charge is 0.141 e. The maximum absolute atomic E-state index is 9.75. The van der Waals surface area contributed by atoms with Gasteiger partial charge in [0.2, 0.25) is 0 Å². The summed E-state index contributed by atoms with van der Waals surface area (Å²) in [4.78, 5) is 0. The van der Waals surface area contributed by atoms with Crippen molar-refractivity contribution in [1.29, 1.82) is 5.26 Å². The molecule has 1 saturated heterocycles. The number of ether oxygens (including phenoxy) is 1. The van der Waals surface area contributed by atoms with E-state index in [0.717, 1.165) is 24.5 Å². The lowest BCUT2D eigenvalue weighted by molar-refractivity contribution is 0.0454. The Morgan fingerprint density at radius 2 is 2.05 bits per heavy atom. The van der Waals surface area contributed by atoms with Crippen molar-refractivity contribution >= 4 is 11.8 Å². The molecule has 1 N–H and O–H groups in total. The van der Waals surface area contributed by atoms with Crippen LogP contribution in [0.5, 0.6) is 0 Å². The van der Waals surface area contributed by atoms with E-state index in [1.54, 1.807) is 0 Å². The fourth-order valence-electron chi connectivity index (χ4n) is 2.19. The maximum atomic E-state index is 9.75. The first-order valence-corrected chi connectivity index (χ1v) is 7.81. The molecule has 3 rings (SSSR count). The Morgan fingerprint density at radius 1 is 1.32 bits per heavy atom. The van der Waals surface area contributed by atoms with Gasteiger partial charge < -0.3 is 4.74 Å². The largest absolute Gasteiger partial charge is 0.379 e. The second-order valence-electron chi connectivity index (χ2n) is 5.27. The molecule has 1 saturated carbocycles. The average Bonchev–Trinajstić information content (AvgIpc) is 3.20. The first-order chi connectivity index (χ1) is 9.32. The van der Waals surface area contributed by atoms with Crippen LogP contribution in [0.2, 0.25) is 0 Å². The molecule has 1 aromatic carbocycles. The molecule has 0 aromatic heterocycles. The molecule has 4 heteroatoms. The zero-order valence-electron chi connectivity index (χ0n) is 10.8. The van der Waals surface area contributed by atoms with Crippen LogP contribution in [0.15, 0.2) is 30.3 Å². The molecule has 1 aromatic rings. The van der Waals surface area contributed by atoms with E-state index in [-0.39, 0.29) is 0 Å². The lowest BCUT2D eigenvalue weighted by atomic mass is 9.93. The fraction of sp³-hybridized carbons (Fsp3) is 0.533. The van der Waals surface area contributed by atoms with Crippen molar-refractivity contribution in [3.05, 3.63) is 35.9 Å². The number of hydrogen-bond donors (Lipinski definition) is 1. The van der Waals surface area contributed by atoms with Crippen LogP contribution < -0.4 is 5.32 Å². The highest BCUT2D eigenvalue weighted by Gasteiger charge is 2.39. The summed E-state index contributed by atoms with van der Waals surface area (Å²) in [5.74, 6) is 0.790. The van der Waals surface area contributed by atoms with Gasteiger partial charge in [0, 0.05) is 11.8 Å². The lowest BCUT2D eigenvalue weighted by Gasteiger charge is -2.32. The van der Waals surface area contributed by atoms with E-state index in [1.165, 1.54) is 12.8 Å². The first-order valence-electron chi connectivity index (χ1n) is 6.76. The Morgan fingerprint density at radius 3 is 2.58 bits per heavy atom. The Balaban J connectivity index is 1.77. The highest BCUT2D eigenvalue weighted by molar-refractivity contribution is 8.00. The summed E-state index contributed by atoms with van der Waals surface area (Å²) in [5, 5.41) is 13.9. The molecule has 2 fully saturated rings. The summed E-state index contributed by atoms with van der Waals surface area (Å²) < 4.78 is 5.21. The molecule has 1 unspecified atom stereocenters. The summed E-state index contributed by atoms with van der Waals surface area (Å²) in [6.07, 6.45) is 2.38. The van der Waals surface area contributed by atoms with Crippen molar-refractivity contribution < 1.29 is 4.74 Å². The van der Waals surface area contributed by atoms with Gasteiger partial charge in [0.05, 0.1) is 24.5 Å². The van der Waals surface area contributed by atoms with E-state index in [2.05, 4.69) is 23.5 Å². The SMILES string of the molecule is N#CC(CSC1COC1)(NC1CC1)c1ccccc1. The van der Waals surface area contributed by atoms with Crippen LogP contribution in [0.4, 0.5) is 0 Å². The average molecular weight is 274 g/mol. The second kappa shape index (κ2) is 5.54. The zero-order chi connectivity index (χ0) is 13.1. The van der Waals surface area contributed by atoms with Crippen LogP contribution in [0, 0.1) is 11.3 Å². The van der Waals surface area contributed by atoms with E-state index in [4.69, 9.17) is 4.74 Å². The lowest BCUT2D eigenvalue weighted by Crippen LogP contribution is -2.46.